The Bertz CT molecular complexity index is 758. The minimum Gasteiger partial charge on any atom is -0.469 e. The van der Waals surface area contributed by atoms with Crippen LogP contribution in [0.1, 0.15) is 49.8 Å². The average Bonchev–Trinajstić information content (AvgIpc) is 3.41. The number of halogens is 1. The lowest BCUT2D eigenvalue weighted by Crippen LogP contribution is -2.51. The van der Waals surface area contributed by atoms with Gasteiger partial charge >= 0.3 is 0 Å². The molecule has 4 rings (SSSR count). The maximum absolute atomic E-state index is 6.19. The van der Waals surface area contributed by atoms with Crippen molar-refractivity contribution in [3.8, 4) is 0 Å². The van der Waals surface area contributed by atoms with E-state index in [1.54, 1.807) is 6.26 Å². The maximum Gasteiger partial charge on any atom is 0.191 e. The number of hydrogen-bond acceptors (Lipinski definition) is 3. The first kappa shape index (κ1) is 23.1. The van der Waals surface area contributed by atoms with Gasteiger partial charge in [0.15, 0.2) is 5.96 Å². The first-order valence-corrected chi connectivity index (χ1v) is 11.1. The number of guanidine groups is 1. The molecule has 30 heavy (non-hydrogen) atoms. The molecule has 2 fully saturated rings. The van der Waals surface area contributed by atoms with Crippen molar-refractivity contribution in [2.45, 2.75) is 63.0 Å². The summed E-state index contributed by atoms with van der Waals surface area (Å²) in [6.45, 7) is 2.43. The van der Waals surface area contributed by atoms with Crippen molar-refractivity contribution >= 4 is 29.9 Å². The SMILES string of the molecule is I.c1ccc(CCNC(=NCCc2ccco2)NC2CCOC3(CCCC3)C2)cc1. The number of rotatable bonds is 7. The van der Waals surface area contributed by atoms with Crippen LogP contribution in [0.25, 0.3) is 0 Å². The Morgan fingerprint density at radius 1 is 1.07 bits per heavy atom. The van der Waals surface area contributed by atoms with E-state index in [4.69, 9.17) is 14.1 Å². The Hall–Kier alpha value is -1.54. The molecular formula is C24H34IN3O2. The molecule has 1 aliphatic carbocycles. The van der Waals surface area contributed by atoms with Gasteiger partial charge in [-0.2, -0.15) is 0 Å². The fourth-order valence-corrected chi connectivity index (χ4v) is 4.57. The summed E-state index contributed by atoms with van der Waals surface area (Å²) in [4.78, 5) is 4.83. The summed E-state index contributed by atoms with van der Waals surface area (Å²) in [7, 11) is 0. The maximum atomic E-state index is 6.19. The van der Waals surface area contributed by atoms with E-state index in [1.165, 1.54) is 31.2 Å². The van der Waals surface area contributed by atoms with E-state index in [0.29, 0.717) is 12.6 Å². The number of benzene rings is 1. The van der Waals surface area contributed by atoms with Crippen molar-refractivity contribution in [1.82, 2.24) is 10.6 Å². The van der Waals surface area contributed by atoms with Gasteiger partial charge in [0.05, 0.1) is 11.9 Å². The van der Waals surface area contributed by atoms with Gasteiger partial charge in [-0.05, 0) is 49.8 Å². The van der Waals surface area contributed by atoms with Gasteiger partial charge in [0, 0.05) is 32.2 Å². The molecule has 2 heterocycles. The zero-order valence-corrected chi connectivity index (χ0v) is 20.0. The van der Waals surface area contributed by atoms with Crippen molar-refractivity contribution in [3.05, 3.63) is 60.1 Å². The molecule has 1 aliphatic heterocycles. The average molecular weight is 523 g/mol. The van der Waals surface area contributed by atoms with Crippen molar-refractivity contribution in [2.75, 3.05) is 19.7 Å². The molecule has 0 bridgehead atoms. The third-order valence-corrected chi connectivity index (χ3v) is 6.11. The molecule has 1 spiro atoms. The molecule has 1 saturated heterocycles. The number of nitrogens with one attached hydrogen (secondary N) is 2. The molecule has 6 heteroatoms. The number of nitrogens with zero attached hydrogens (tertiary/aromatic N) is 1. The highest BCUT2D eigenvalue weighted by atomic mass is 127. The lowest BCUT2D eigenvalue weighted by atomic mass is 9.89. The summed E-state index contributed by atoms with van der Waals surface area (Å²) >= 11 is 0. The van der Waals surface area contributed by atoms with Gasteiger partial charge in [0.1, 0.15) is 5.76 Å². The van der Waals surface area contributed by atoms with Gasteiger partial charge in [-0.25, -0.2) is 0 Å². The predicted octanol–water partition coefficient (Wildman–Crippen LogP) is 4.71. The second-order valence-corrected chi connectivity index (χ2v) is 8.29. The standard InChI is InChI=1S/C24H33N3O2.HI/c1-2-7-20(8-3-1)10-15-25-23(26-16-11-22-9-6-17-28-22)27-21-12-18-29-24(19-21)13-4-5-14-24;/h1-3,6-9,17,21H,4-5,10-16,18-19H2,(H2,25,26,27);1H. The van der Waals surface area contributed by atoms with E-state index in [1.807, 2.05) is 12.1 Å². The predicted molar refractivity (Wildman–Crippen MR) is 132 cm³/mol. The van der Waals surface area contributed by atoms with Gasteiger partial charge in [-0.3, -0.25) is 4.99 Å². The van der Waals surface area contributed by atoms with E-state index >= 15 is 0 Å². The molecule has 1 atom stereocenters. The first-order valence-electron chi connectivity index (χ1n) is 11.1. The van der Waals surface area contributed by atoms with Crippen molar-refractivity contribution in [1.29, 1.82) is 0 Å². The molecule has 1 unspecified atom stereocenters. The van der Waals surface area contributed by atoms with Gasteiger partial charge in [0.2, 0.25) is 0 Å². The van der Waals surface area contributed by atoms with Crippen LogP contribution in [-0.4, -0.2) is 37.3 Å². The number of furan rings is 1. The van der Waals surface area contributed by atoms with E-state index in [9.17, 15) is 0 Å². The summed E-state index contributed by atoms with van der Waals surface area (Å²) in [5.74, 6) is 1.89. The zero-order valence-electron chi connectivity index (χ0n) is 17.6. The highest BCUT2D eigenvalue weighted by molar-refractivity contribution is 14.0. The summed E-state index contributed by atoms with van der Waals surface area (Å²) in [5, 5.41) is 7.24. The lowest BCUT2D eigenvalue weighted by Gasteiger charge is -2.39. The van der Waals surface area contributed by atoms with Crippen LogP contribution in [0.2, 0.25) is 0 Å². The molecule has 1 aromatic heterocycles. The monoisotopic (exact) mass is 523 g/mol. The third kappa shape index (κ3) is 6.74. The molecule has 5 nitrogen and oxygen atoms in total. The van der Waals surface area contributed by atoms with Crippen molar-refractivity contribution in [2.24, 2.45) is 4.99 Å². The molecule has 1 saturated carbocycles. The van der Waals surface area contributed by atoms with E-state index in [2.05, 4.69) is 41.0 Å². The topological polar surface area (TPSA) is 58.8 Å². The molecule has 0 amide bonds. The Kier molecular flexibility index (Phi) is 9.05. The lowest BCUT2D eigenvalue weighted by molar-refractivity contribution is -0.0815. The molecule has 164 valence electrons. The molecule has 2 N–H and O–H groups in total. The molecule has 1 aromatic carbocycles. The van der Waals surface area contributed by atoms with Gasteiger partial charge in [-0.1, -0.05) is 43.2 Å². The van der Waals surface area contributed by atoms with E-state index in [-0.39, 0.29) is 29.6 Å². The largest absolute Gasteiger partial charge is 0.469 e. The van der Waals surface area contributed by atoms with Crippen LogP contribution < -0.4 is 10.6 Å². The van der Waals surface area contributed by atoms with E-state index in [0.717, 1.165) is 50.6 Å². The number of ether oxygens (including phenoxy) is 1. The van der Waals surface area contributed by atoms with Crippen molar-refractivity contribution < 1.29 is 9.15 Å². The highest BCUT2D eigenvalue weighted by Gasteiger charge is 2.40. The summed E-state index contributed by atoms with van der Waals surface area (Å²) < 4.78 is 11.6. The molecule has 2 aromatic rings. The quantitative estimate of drug-likeness (QED) is 0.314. The second kappa shape index (κ2) is 11.7. The Balaban J connectivity index is 0.00000256. The molecular weight excluding hydrogens is 489 g/mol. The fourth-order valence-electron chi connectivity index (χ4n) is 4.57. The van der Waals surface area contributed by atoms with Crippen LogP contribution in [-0.2, 0) is 17.6 Å². The Morgan fingerprint density at radius 3 is 2.67 bits per heavy atom. The first-order chi connectivity index (χ1) is 14.3. The number of aliphatic imine (C=N–C) groups is 1. The zero-order chi connectivity index (χ0) is 19.8. The van der Waals surface area contributed by atoms with Crippen molar-refractivity contribution in [3.63, 3.8) is 0 Å². The van der Waals surface area contributed by atoms with Gasteiger partial charge in [0.25, 0.3) is 0 Å². The highest BCUT2D eigenvalue weighted by Crippen LogP contribution is 2.39. The van der Waals surface area contributed by atoms with Gasteiger partial charge < -0.3 is 19.8 Å². The van der Waals surface area contributed by atoms with Crippen LogP contribution in [0.3, 0.4) is 0 Å². The minimum absolute atomic E-state index is 0. The fraction of sp³-hybridized carbons (Fsp3) is 0.542. The smallest absolute Gasteiger partial charge is 0.191 e. The molecule has 2 aliphatic rings. The molecule has 0 radical (unpaired) electrons. The van der Waals surface area contributed by atoms with E-state index < -0.39 is 0 Å². The summed E-state index contributed by atoms with van der Waals surface area (Å²) in [6, 6.07) is 14.9. The summed E-state index contributed by atoms with van der Waals surface area (Å²) in [6.07, 6.45) is 10.7. The number of hydrogen-bond donors (Lipinski definition) is 2. The normalized spacial score (nSPS) is 20.7. The van der Waals surface area contributed by atoms with Crippen LogP contribution >= 0.6 is 24.0 Å². The van der Waals surface area contributed by atoms with Crippen LogP contribution in [0.4, 0.5) is 0 Å². The Morgan fingerprint density at radius 2 is 1.90 bits per heavy atom. The van der Waals surface area contributed by atoms with Crippen LogP contribution in [0.5, 0.6) is 0 Å². The van der Waals surface area contributed by atoms with Gasteiger partial charge in [-0.15, -0.1) is 24.0 Å². The van der Waals surface area contributed by atoms with Crippen LogP contribution in [0, 0.1) is 0 Å². The summed E-state index contributed by atoms with van der Waals surface area (Å²) in [5.41, 5.74) is 1.45. The third-order valence-electron chi connectivity index (χ3n) is 6.11. The minimum atomic E-state index is 0. The Labute approximate surface area is 197 Å². The van der Waals surface area contributed by atoms with Crippen LogP contribution in [0.15, 0.2) is 58.1 Å². The second-order valence-electron chi connectivity index (χ2n) is 8.29.